The van der Waals surface area contributed by atoms with Crippen molar-refractivity contribution in [2.45, 2.75) is 31.2 Å². The second-order valence-corrected chi connectivity index (χ2v) is 4.48. The summed E-state index contributed by atoms with van der Waals surface area (Å²) in [5.41, 5.74) is 0.0128. The van der Waals surface area contributed by atoms with Crippen LogP contribution in [0.25, 0.3) is 0 Å². The SMILES string of the molecule is CO[C@@H]1C(C#CCO)=C[C@]2(C)C=C[C@@]1(C)O2. The van der Waals surface area contributed by atoms with E-state index >= 15 is 0 Å². The third kappa shape index (κ3) is 1.69. The average Bonchev–Trinajstić information content (AvgIpc) is 2.48. The van der Waals surface area contributed by atoms with Gasteiger partial charge in [-0.25, -0.2) is 0 Å². The Labute approximate surface area is 95.7 Å². The van der Waals surface area contributed by atoms with Crippen LogP contribution in [0.15, 0.2) is 23.8 Å². The van der Waals surface area contributed by atoms with Crippen LogP contribution in [-0.2, 0) is 9.47 Å². The van der Waals surface area contributed by atoms with Crippen LogP contribution in [0, 0.1) is 11.8 Å². The maximum Gasteiger partial charge on any atom is 0.122 e. The van der Waals surface area contributed by atoms with Crippen molar-refractivity contribution in [2.24, 2.45) is 0 Å². The molecule has 16 heavy (non-hydrogen) atoms. The minimum Gasteiger partial charge on any atom is -0.384 e. The highest BCUT2D eigenvalue weighted by atomic mass is 16.6. The van der Waals surface area contributed by atoms with Gasteiger partial charge in [-0.1, -0.05) is 24.0 Å². The van der Waals surface area contributed by atoms with Gasteiger partial charge in [0.1, 0.15) is 23.9 Å². The van der Waals surface area contributed by atoms with Crippen molar-refractivity contribution >= 4 is 0 Å². The van der Waals surface area contributed by atoms with E-state index < -0.39 is 11.2 Å². The molecular formula is C13H16O3. The fourth-order valence-electron chi connectivity index (χ4n) is 2.39. The third-order valence-corrected chi connectivity index (χ3v) is 2.98. The fraction of sp³-hybridized carbons (Fsp3) is 0.538. The summed E-state index contributed by atoms with van der Waals surface area (Å²) in [5.74, 6) is 5.60. The highest BCUT2D eigenvalue weighted by Crippen LogP contribution is 2.42. The highest BCUT2D eigenvalue weighted by Gasteiger charge is 2.48. The van der Waals surface area contributed by atoms with Crippen LogP contribution >= 0.6 is 0 Å². The van der Waals surface area contributed by atoms with E-state index in [1.54, 1.807) is 7.11 Å². The topological polar surface area (TPSA) is 38.7 Å². The normalized spacial score (nSPS) is 40.2. The number of rotatable bonds is 1. The number of aliphatic hydroxyl groups is 1. The first-order valence-corrected chi connectivity index (χ1v) is 5.29. The van der Waals surface area contributed by atoms with Gasteiger partial charge in [0.25, 0.3) is 0 Å². The second-order valence-electron chi connectivity index (χ2n) is 4.48. The smallest absolute Gasteiger partial charge is 0.122 e. The van der Waals surface area contributed by atoms with Gasteiger partial charge in [-0.15, -0.1) is 0 Å². The summed E-state index contributed by atoms with van der Waals surface area (Å²) < 4.78 is 11.4. The van der Waals surface area contributed by atoms with Crippen LogP contribution < -0.4 is 0 Å². The zero-order valence-electron chi connectivity index (χ0n) is 9.78. The first-order chi connectivity index (χ1) is 7.53. The molecular weight excluding hydrogens is 204 g/mol. The molecule has 0 aliphatic carbocycles. The molecule has 0 aromatic heterocycles. The largest absolute Gasteiger partial charge is 0.384 e. The van der Waals surface area contributed by atoms with Crippen molar-refractivity contribution < 1.29 is 14.6 Å². The summed E-state index contributed by atoms with van der Waals surface area (Å²) in [7, 11) is 1.64. The molecule has 0 amide bonds. The zero-order valence-corrected chi connectivity index (χ0v) is 9.78. The number of aliphatic hydroxyl groups excluding tert-OH is 1. The van der Waals surface area contributed by atoms with Gasteiger partial charge in [-0.05, 0) is 19.9 Å². The molecule has 0 saturated heterocycles. The van der Waals surface area contributed by atoms with Gasteiger partial charge in [0.2, 0.25) is 0 Å². The summed E-state index contributed by atoms with van der Waals surface area (Å²) in [6, 6.07) is 0. The number of hydrogen-bond acceptors (Lipinski definition) is 3. The lowest BCUT2D eigenvalue weighted by atomic mass is 9.90. The Morgan fingerprint density at radius 3 is 2.88 bits per heavy atom. The van der Waals surface area contributed by atoms with E-state index in [-0.39, 0.29) is 12.7 Å². The molecule has 2 rings (SSSR count). The second kappa shape index (κ2) is 3.74. The van der Waals surface area contributed by atoms with Crippen LogP contribution in [0.1, 0.15) is 13.8 Å². The molecule has 2 aliphatic heterocycles. The maximum atomic E-state index is 8.74. The van der Waals surface area contributed by atoms with E-state index in [1.807, 2.05) is 32.1 Å². The fourth-order valence-corrected chi connectivity index (χ4v) is 2.39. The van der Waals surface area contributed by atoms with E-state index in [0.717, 1.165) is 5.57 Å². The summed E-state index contributed by atoms with van der Waals surface area (Å²) in [6.07, 6.45) is 5.78. The molecule has 3 atom stereocenters. The lowest BCUT2D eigenvalue weighted by Gasteiger charge is -2.39. The van der Waals surface area contributed by atoms with Gasteiger partial charge in [0.05, 0.1) is 0 Å². The van der Waals surface area contributed by atoms with Crippen molar-refractivity contribution in [2.75, 3.05) is 13.7 Å². The number of methoxy groups -OCH3 is 1. The van der Waals surface area contributed by atoms with Gasteiger partial charge < -0.3 is 14.6 Å². The average molecular weight is 220 g/mol. The molecule has 0 saturated carbocycles. The summed E-state index contributed by atoms with van der Waals surface area (Å²) >= 11 is 0. The standard InChI is InChI=1S/C13H16O3/c1-12-6-7-13(2,16-12)11(15-3)10(9-12)5-4-8-14/h6-7,9,11,14H,8H2,1-3H3/t11-,12+,13-/m1/s1. The number of ether oxygens (including phenoxy) is 2. The molecule has 3 heteroatoms. The van der Waals surface area contributed by atoms with E-state index in [4.69, 9.17) is 14.6 Å². The van der Waals surface area contributed by atoms with Gasteiger partial charge >= 0.3 is 0 Å². The Morgan fingerprint density at radius 2 is 2.25 bits per heavy atom. The maximum absolute atomic E-state index is 8.74. The van der Waals surface area contributed by atoms with Crippen molar-refractivity contribution in [1.82, 2.24) is 0 Å². The molecule has 3 nitrogen and oxygen atoms in total. The van der Waals surface area contributed by atoms with Crippen molar-refractivity contribution in [3.05, 3.63) is 23.8 Å². The van der Waals surface area contributed by atoms with E-state index in [2.05, 4.69) is 11.8 Å². The van der Waals surface area contributed by atoms with Gasteiger partial charge in [0.15, 0.2) is 0 Å². The lowest BCUT2D eigenvalue weighted by Crippen LogP contribution is -2.47. The molecule has 0 spiro atoms. The minimum atomic E-state index is -0.461. The zero-order chi connectivity index (χ0) is 11.8. The minimum absolute atomic E-state index is 0.143. The molecule has 1 N–H and O–H groups in total. The molecule has 2 bridgehead atoms. The molecule has 0 radical (unpaired) electrons. The van der Waals surface area contributed by atoms with Crippen LogP contribution in [0.3, 0.4) is 0 Å². The molecule has 0 aromatic carbocycles. The van der Waals surface area contributed by atoms with E-state index in [1.165, 1.54) is 0 Å². The van der Waals surface area contributed by atoms with Gasteiger partial charge in [-0.2, -0.15) is 0 Å². The van der Waals surface area contributed by atoms with Crippen LogP contribution in [0.4, 0.5) is 0 Å². The lowest BCUT2D eigenvalue weighted by molar-refractivity contribution is -0.119. The van der Waals surface area contributed by atoms with E-state index in [9.17, 15) is 0 Å². The Bertz CT molecular complexity index is 413. The van der Waals surface area contributed by atoms with Crippen LogP contribution in [0.5, 0.6) is 0 Å². The number of hydrogen-bond donors (Lipinski definition) is 1. The van der Waals surface area contributed by atoms with E-state index in [0.29, 0.717) is 0 Å². The highest BCUT2D eigenvalue weighted by molar-refractivity contribution is 5.45. The van der Waals surface area contributed by atoms with Gasteiger partial charge in [-0.3, -0.25) is 0 Å². The summed E-state index contributed by atoms with van der Waals surface area (Å²) in [6.45, 7) is 3.83. The molecule has 2 aliphatic rings. The van der Waals surface area contributed by atoms with Crippen molar-refractivity contribution in [1.29, 1.82) is 0 Å². The van der Waals surface area contributed by atoms with Crippen molar-refractivity contribution in [3.63, 3.8) is 0 Å². The van der Waals surface area contributed by atoms with Crippen molar-refractivity contribution in [3.8, 4) is 11.8 Å². The molecule has 0 aromatic rings. The molecule has 86 valence electrons. The Hall–Kier alpha value is -1.08. The quantitative estimate of drug-likeness (QED) is 0.530. The Morgan fingerprint density at radius 1 is 1.50 bits per heavy atom. The predicted molar refractivity (Wildman–Crippen MR) is 60.8 cm³/mol. The van der Waals surface area contributed by atoms with Crippen LogP contribution in [-0.4, -0.2) is 36.1 Å². The van der Waals surface area contributed by atoms with Gasteiger partial charge in [0, 0.05) is 12.7 Å². The predicted octanol–water partition coefficient (Wildman–Crippen LogP) is 1.04. The third-order valence-electron chi connectivity index (χ3n) is 2.98. The Kier molecular flexibility index (Phi) is 2.67. The first-order valence-electron chi connectivity index (χ1n) is 5.29. The number of fused-ring (bicyclic) bond motifs is 2. The summed E-state index contributed by atoms with van der Waals surface area (Å²) in [4.78, 5) is 0. The monoisotopic (exact) mass is 220 g/mol. The molecule has 2 heterocycles. The Balaban J connectivity index is 2.42. The summed E-state index contributed by atoms with van der Waals surface area (Å²) in [5, 5.41) is 8.74. The molecule has 0 fully saturated rings. The molecule has 0 unspecified atom stereocenters. The van der Waals surface area contributed by atoms with Crippen LogP contribution in [0.2, 0.25) is 0 Å². The first kappa shape index (κ1) is 11.4.